The van der Waals surface area contributed by atoms with Gasteiger partial charge in [0.2, 0.25) is 0 Å². The van der Waals surface area contributed by atoms with Crippen LogP contribution in [0.1, 0.15) is 45.4 Å². The summed E-state index contributed by atoms with van der Waals surface area (Å²) >= 11 is 0. The van der Waals surface area contributed by atoms with E-state index in [1.54, 1.807) is 0 Å². The zero-order chi connectivity index (χ0) is 16.1. The number of hydrogen-bond donors (Lipinski definition) is 1. The molecule has 1 aliphatic rings. The fourth-order valence-corrected chi connectivity index (χ4v) is 2.14. The Balaban J connectivity index is 2.50. The molecule has 1 N–H and O–H groups in total. The van der Waals surface area contributed by atoms with Crippen LogP contribution < -0.4 is 0 Å². The number of ether oxygens (including phenoxy) is 2. The summed E-state index contributed by atoms with van der Waals surface area (Å²) < 4.78 is 73.3. The Labute approximate surface area is 120 Å². The lowest BCUT2D eigenvalue weighted by Gasteiger charge is -2.38. The van der Waals surface area contributed by atoms with E-state index in [1.807, 2.05) is 6.92 Å². The molecule has 1 heterocycles. The molecule has 1 aliphatic heterocycles. The molecule has 3 atom stereocenters. The number of rotatable bonds is 7. The van der Waals surface area contributed by atoms with Gasteiger partial charge in [0.25, 0.3) is 0 Å². The van der Waals surface area contributed by atoms with E-state index in [2.05, 4.69) is 4.74 Å². The standard InChI is InChI=1S/C13H21F5O3/c1-2-3-4-5-8-20-10-7-6-9(19)11(21-10)12(14,15)13(16,17)18/h9-11,19H,2-8H2,1H3/t9-,10-,11-/m0/s1. The molecule has 1 fully saturated rings. The third-order valence-corrected chi connectivity index (χ3v) is 3.38. The van der Waals surface area contributed by atoms with Crippen molar-refractivity contribution in [3.8, 4) is 0 Å². The Kier molecular flexibility index (Phi) is 6.80. The van der Waals surface area contributed by atoms with Crippen molar-refractivity contribution >= 4 is 0 Å². The molecule has 0 aliphatic carbocycles. The number of aliphatic hydroxyl groups is 1. The molecule has 1 rings (SSSR count). The zero-order valence-electron chi connectivity index (χ0n) is 11.8. The summed E-state index contributed by atoms with van der Waals surface area (Å²) in [5, 5.41) is 9.37. The first-order chi connectivity index (χ1) is 9.70. The zero-order valence-corrected chi connectivity index (χ0v) is 11.8. The summed E-state index contributed by atoms with van der Waals surface area (Å²) in [5.41, 5.74) is 0. The maximum atomic E-state index is 13.3. The first-order valence-electron chi connectivity index (χ1n) is 7.09. The van der Waals surface area contributed by atoms with Crippen molar-refractivity contribution in [2.24, 2.45) is 0 Å². The van der Waals surface area contributed by atoms with E-state index in [4.69, 9.17) is 4.74 Å². The Morgan fingerprint density at radius 2 is 1.76 bits per heavy atom. The number of halogens is 5. The van der Waals surface area contributed by atoms with Gasteiger partial charge in [-0.05, 0) is 12.8 Å². The number of aliphatic hydroxyl groups excluding tert-OH is 1. The van der Waals surface area contributed by atoms with Gasteiger partial charge in [-0.2, -0.15) is 22.0 Å². The lowest BCUT2D eigenvalue weighted by Crippen LogP contribution is -2.57. The van der Waals surface area contributed by atoms with Crippen molar-refractivity contribution in [1.29, 1.82) is 0 Å². The Morgan fingerprint density at radius 3 is 2.33 bits per heavy atom. The molecule has 0 saturated carbocycles. The van der Waals surface area contributed by atoms with Gasteiger partial charge in [0, 0.05) is 13.0 Å². The fraction of sp³-hybridized carbons (Fsp3) is 1.00. The molecule has 0 aromatic heterocycles. The van der Waals surface area contributed by atoms with Crippen LogP contribution in [-0.2, 0) is 9.47 Å². The maximum Gasteiger partial charge on any atom is 0.456 e. The van der Waals surface area contributed by atoms with E-state index >= 15 is 0 Å². The molecule has 0 unspecified atom stereocenters. The van der Waals surface area contributed by atoms with Crippen molar-refractivity contribution < 1.29 is 36.5 Å². The topological polar surface area (TPSA) is 38.7 Å². The van der Waals surface area contributed by atoms with Gasteiger partial charge in [-0.1, -0.05) is 26.2 Å². The Hall–Kier alpha value is -0.470. The molecule has 0 aromatic carbocycles. The quantitative estimate of drug-likeness (QED) is 0.575. The first-order valence-corrected chi connectivity index (χ1v) is 7.09. The van der Waals surface area contributed by atoms with Gasteiger partial charge in [0.1, 0.15) is 0 Å². The Morgan fingerprint density at radius 1 is 1.10 bits per heavy atom. The second-order valence-electron chi connectivity index (χ2n) is 5.18. The summed E-state index contributed by atoms with van der Waals surface area (Å²) in [7, 11) is 0. The van der Waals surface area contributed by atoms with E-state index in [1.165, 1.54) is 0 Å². The van der Waals surface area contributed by atoms with Crippen LogP contribution in [0.3, 0.4) is 0 Å². The van der Waals surface area contributed by atoms with Crippen molar-refractivity contribution in [2.75, 3.05) is 6.61 Å². The largest absolute Gasteiger partial charge is 0.456 e. The number of unbranched alkanes of at least 4 members (excludes halogenated alkanes) is 3. The average molecular weight is 320 g/mol. The summed E-state index contributed by atoms with van der Waals surface area (Å²) in [4.78, 5) is 0. The molecular formula is C13H21F5O3. The number of hydrogen-bond acceptors (Lipinski definition) is 3. The van der Waals surface area contributed by atoms with Crippen molar-refractivity contribution in [1.82, 2.24) is 0 Å². The predicted molar refractivity (Wildman–Crippen MR) is 65.0 cm³/mol. The van der Waals surface area contributed by atoms with Crippen molar-refractivity contribution in [3.05, 3.63) is 0 Å². The van der Waals surface area contributed by atoms with Gasteiger partial charge in [-0.3, -0.25) is 0 Å². The van der Waals surface area contributed by atoms with Crippen LogP contribution in [-0.4, -0.2) is 42.3 Å². The number of alkyl halides is 5. The minimum absolute atomic E-state index is 0.0966. The van der Waals surface area contributed by atoms with Gasteiger partial charge in [-0.25, -0.2) is 0 Å². The van der Waals surface area contributed by atoms with Crippen LogP contribution in [0.25, 0.3) is 0 Å². The lowest BCUT2D eigenvalue weighted by atomic mass is 9.99. The molecule has 0 bridgehead atoms. The second-order valence-corrected chi connectivity index (χ2v) is 5.18. The van der Waals surface area contributed by atoms with Gasteiger partial charge >= 0.3 is 12.1 Å². The molecule has 1 saturated heterocycles. The third-order valence-electron chi connectivity index (χ3n) is 3.38. The second kappa shape index (κ2) is 7.69. The lowest BCUT2D eigenvalue weighted by molar-refractivity contribution is -0.358. The van der Waals surface area contributed by atoms with Crippen LogP contribution in [0.15, 0.2) is 0 Å². The summed E-state index contributed by atoms with van der Waals surface area (Å²) in [6, 6.07) is 0. The minimum atomic E-state index is -5.76. The van der Waals surface area contributed by atoms with Crippen LogP contribution in [0.2, 0.25) is 0 Å². The molecule has 21 heavy (non-hydrogen) atoms. The molecule has 126 valence electrons. The molecule has 3 nitrogen and oxygen atoms in total. The fourth-order valence-electron chi connectivity index (χ4n) is 2.14. The van der Waals surface area contributed by atoms with Crippen LogP contribution >= 0.6 is 0 Å². The molecule has 0 spiro atoms. The SMILES string of the molecule is CCCCCCO[C@@H]1CC[C@H](O)[C@@H](C(F)(F)C(F)(F)F)O1. The van der Waals surface area contributed by atoms with Crippen LogP contribution in [0, 0.1) is 0 Å². The molecule has 8 heteroatoms. The van der Waals surface area contributed by atoms with Gasteiger partial charge in [-0.15, -0.1) is 0 Å². The summed E-state index contributed by atoms with van der Waals surface area (Å²) in [6.45, 7) is 2.27. The normalized spacial score (nSPS) is 27.9. The predicted octanol–water partition coefficient (Wildman–Crippen LogP) is 3.65. The first kappa shape index (κ1) is 18.6. The molecule has 0 radical (unpaired) electrons. The highest BCUT2D eigenvalue weighted by molar-refractivity contribution is 4.92. The van der Waals surface area contributed by atoms with E-state index in [0.717, 1.165) is 19.3 Å². The Bertz CT molecular complexity index is 309. The molecule has 0 aromatic rings. The van der Waals surface area contributed by atoms with E-state index < -0.39 is 30.6 Å². The highest BCUT2D eigenvalue weighted by Crippen LogP contribution is 2.43. The maximum absolute atomic E-state index is 13.3. The van der Waals surface area contributed by atoms with Crippen molar-refractivity contribution in [3.63, 3.8) is 0 Å². The van der Waals surface area contributed by atoms with Gasteiger partial charge in [0.15, 0.2) is 12.4 Å². The average Bonchev–Trinajstić information content (AvgIpc) is 2.38. The smallest absolute Gasteiger partial charge is 0.390 e. The van der Waals surface area contributed by atoms with Gasteiger partial charge in [0.05, 0.1) is 6.10 Å². The van der Waals surface area contributed by atoms with Crippen LogP contribution in [0.5, 0.6) is 0 Å². The molecule has 0 amide bonds. The summed E-state index contributed by atoms with van der Waals surface area (Å²) in [5.74, 6) is -5.10. The van der Waals surface area contributed by atoms with Gasteiger partial charge < -0.3 is 14.6 Å². The van der Waals surface area contributed by atoms with E-state index in [9.17, 15) is 27.1 Å². The highest BCUT2D eigenvalue weighted by Gasteiger charge is 2.66. The van der Waals surface area contributed by atoms with E-state index in [0.29, 0.717) is 6.42 Å². The van der Waals surface area contributed by atoms with Crippen LogP contribution in [0.4, 0.5) is 22.0 Å². The monoisotopic (exact) mass is 320 g/mol. The molecular weight excluding hydrogens is 299 g/mol. The van der Waals surface area contributed by atoms with Crippen molar-refractivity contribution in [2.45, 2.75) is 76.0 Å². The minimum Gasteiger partial charge on any atom is -0.390 e. The highest BCUT2D eigenvalue weighted by atomic mass is 19.4. The third kappa shape index (κ3) is 5.03. The summed E-state index contributed by atoms with van der Waals surface area (Å²) in [6.07, 6.45) is -7.88. The van der Waals surface area contributed by atoms with E-state index in [-0.39, 0.29) is 19.4 Å².